The standard InChI is InChI=1S/C20H24ClN5O3S/c1-20(2,3)29-19(27)26-10-5-6-12(26)13-9-28-17-15-11(7-14(21)23-17)22-18(30-4)24-16(15)25(13)8-10/h7,10,12-13H,5-6,8-9H2,1-4H3/t10-,12+,13+/m1/s1. The maximum Gasteiger partial charge on any atom is 0.410 e. The maximum atomic E-state index is 13.0. The molecule has 0 saturated carbocycles. The Labute approximate surface area is 184 Å². The van der Waals surface area contributed by atoms with Crippen molar-refractivity contribution in [3.8, 4) is 5.88 Å². The predicted octanol–water partition coefficient (Wildman–Crippen LogP) is 3.75. The van der Waals surface area contributed by atoms with Crippen molar-refractivity contribution in [1.82, 2.24) is 19.9 Å². The van der Waals surface area contributed by atoms with Gasteiger partial charge in [0, 0.05) is 12.6 Å². The van der Waals surface area contributed by atoms with E-state index in [0.717, 1.165) is 29.6 Å². The topological polar surface area (TPSA) is 80.7 Å². The largest absolute Gasteiger partial charge is 0.475 e. The Kier molecular flexibility index (Phi) is 4.66. The molecular weight excluding hydrogens is 426 g/mol. The molecule has 30 heavy (non-hydrogen) atoms. The second-order valence-corrected chi connectivity index (χ2v) is 10.1. The van der Waals surface area contributed by atoms with Crippen LogP contribution in [-0.2, 0) is 4.74 Å². The number of anilines is 1. The Morgan fingerprint density at radius 2 is 2.07 bits per heavy atom. The molecule has 3 aliphatic rings. The zero-order valence-corrected chi connectivity index (χ0v) is 19.0. The minimum atomic E-state index is -0.531. The SMILES string of the molecule is CSc1nc2c3c(nc(Cl)cc3n1)OC[C@H]1[C@@H]3CC[C@H](CN21)N3C(=O)OC(C)(C)C. The number of carbonyl (C=O) groups excluding carboxylic acids is 1. The van der Waals surface area contributed by atoms with Gasteiger partial charge in [0.1, 0.15) is 28.6 Å². The fraction of sp³-hybridized carbons (Fsp3) is 0.600. The summed E-state index contributed by atoms with van der Waals surface area (Å²) in [4.78, 5) is 31.0. The highest BCUT2D eigenvalue weighted by molar-refractivity contribution is 7.98. The molecule has 5 heterocycles. The van der Waals surface area contributed by atoms with Crippen LogP contribution in [0.3, 0.4) is 0 Å². The Hall–Kier alpha value is -2.00. The molecular formula is C20H24ClN5O3S. The average Bonchev–Trinajstić information content (AvgIpc) is 2.90. The van der Waals surface area contributed by atoms with E-state index in [9.17, 15) is 4.79 Å². The van der Waals surface area contributed by atoms with Crippen molar-refractivity contribution >= 4 is 46.2 Å². The Morgan fingerprint density at radius 1 is 1.27 bits per heavy atom. The highest BCUT2D eigenvalue weighted by atomic mass is 35.5. The monoisotopic (exact) mass is 449 g/mol. The van der Waals surface area contributed by atoms with Gasteiger partial charge in [-0.25, -0.2) is 19.7 Å². The van der Waals surface area contributed by atoms with Gasteiger partial charge >= 0.3 is 6.09 Å². The van der Waals surface area contributed by atoms with E-state index in [1.165, 1.54) is 11.8 Å². The summed E-state index contributed by atoms with van der Waals surface area (Å²) in [5.41, 5.74) is 0.193. The van der Waals surface area contributed by atoms with E-state index in [1.54, 1.807) is 6.07 Å². The van der Waals surface area contributed by atoms with E-state index < -0.39 is 5.60 Å². The lowest BCUT2D eigenvalue weighted by Crippen LogP contribution is -2.63. The molecule has 3 atom stereocenters. The molecule has 2 bridgehead atoms. The fourth-order valence-electron chi connectivity index (χ4n) is 4.70. The molecule has 8 nitrogen and oxygen atoms in total. The Morgan fingerprint density at radius 3 is 2.80 bits per heavy atom. The number of hydrogen-bond acceptors (Lipinski definition) is 8. The third kappa shape index (κ3) is 3.22. The van der Waals surface area contributed by atoms with Crippen molar-refractivity contribution in [3.63, 3.8) is 0 Å². The second kappa shape index (κ2) is 7.02. The number of carbonyl (C=O) groups is 1. The van der Waals surface area contributed by atoms with Crippen molar-refractivity contribution in [2.24, 2.45) is 0 Å². The first-order chi connectivity index (χ1) is 14.2. The number of amides is 1. The number of aromatic nitrogens is 3. The highest BCUT2D eigenvalue weighted by Crippen LogP contribution is 2.43. The summed E-state index contributed by atoms with van der Waals surface area (Å²) < 4.78 is 11.8. The van der Waals surface area contributed by atoms with Gasteiger partial charge in [-0.2, -0.15) is 0 Å². The summed E-state index contributed by atoms with van der Waals surface area (Å²) >= 11 is 7.72. The van der Waals surface area contributed by atoms with Gasteiger partial charge in [0.2, 0.25) is 5.88 Å². The van der Waals surface area contributed by atoms with Crippen LogP contribution in [0.5, 0.6) is 5.88 Å². The first-order valence-electron chi connectivity index (χ1n) is 10.1. The summed E-state index contributed by atoms with van der Waals surface area (Å²) in [6.45, 7) is 6.75. The molecule has 0 radical (unpaired) electrons. The molecule has 160 valence electrons. The normalized spacial score (nSPS) is 25.0. The van der Waals surface area contributed by atoms with E-state index >= 15 is 0 Å². The third-order valence-corrected chi connectivity index (χ3v) is 6.56. The van der Waals surface area contributed by atoms with Crippen LogP contribution < -0.4 is 9.64 Å². The number of piperazine rings is 1. The fourth-order valence-corrected chi connectivity index (χ4v) is 5.25. The van der Waals surface area contributed by atoms with Crippen molar-refractivity contribution in [1.29, 1.82) is 0 Å². The minimum Gasteiger partial charge on any atom is -0.475 e. The number of fused-ring (bicyclic) bond motifs is 5. The van der Waals surface area contributed by atoms with Crippen LogP contribution in [0.1, 0.15) is 33.6 Å². The summed E-state index contributed by atoms with van der Waals surface area (Å²) in [6.07, 6.45) is 3.54. The molecule has 2 aromatic heterocycles. The molecule has 0 aliphatic carbocycles. The van der Waals surface area contributed by atoms with E-state index in [1.807, 2.05) is 31.9 Å². The average molecular weight is 450 g/mol. The minimum absolute atomic E-state index is 0.00821. The van der Waals surface area contributed by atoms with E-state index in [4.69, 9.17) is 26.1 Å². The molecule has 2 aromatic rings. The number of pyridine rings is 1. The zero-order valence-electron chi connectivity index (χ0n) is 17.4. The zero-order chi connectivity index (χ0) is 21.2. The van der Waals surface area contributed by atoms with Crippen LogP contribution in [0, 0.1) is 0 Å². The lowest BCUT2D eigenvalue weighted by Gasteiger charge is -2.46. The highest BCUT2D eigenvalue weighted by Gasteiger charge is 2.51. The molecule has 0 N–H and O–H groups in total. The van der Waals surface area contributed by atoms with E-state index in [-0.39, 0.29) is 24.2 Å². The first kappa shape index (κ1) is 19.9. The number of halogens is 1. The van der Waals surface area contributed by atoms with Crippen LogP contribution in [0.2, 0.25) is 5.15 Å². The number of thioether (sulfide) groups is 1. The smallest absolute Gasteiger partial charge is 0.410 e. The van der Waals surface area contributed by atoms with Gasteiger partial charge < -0.3 is 14.4 Å². The molecule has 2 saturated heterocycles. The van der Waals surface area contributed by atoms with Gasteiger partial charge in [-0.3, -0.25) is 4.90 Å². The van der Waals surface area contributed by atoms with Gasteiger partial charge in [0.05, 0.1) is 23.6 Å². The molecule has 0 spiro atoms. The Balaban J connectivity index is 1.58. The van der Waals surface area contributed by atoms with Crippen molar-refractivity contribution in [2.45, 2.75) is 62.5 Å². The first-order valence-corrected chi connectivity index (χ1v) is 11.7. The van der Waals surface area contributed by atoms with Gasteiger partial charge in [-0.15, -0.1) is 0 Å². The van der Waals surface area contributed by atoms with Crippen molar-refractivity contribution in [3.05, 3.63) is 11.2 Å². The number of nitrogens with zero attached hydrogens (tertiary/aromatic N) is 5. The van der Waals surface area contributed by atoms with Crippen molar-refractivity contribution < 1.29 is 14.3 Å². The van der Waals surface area contributed by atoms with E-state index in [2.05, 4.69) is 14.9 Å². The molecule has 10 heteroatoms. The maximum absolute atomic E-state index is 13.0. The predicted molar refractivity (Wildman–Crippen MR) is 116 cm³/mol. The summed E-state index contributed by atoms with van der Waals surface area (Å²) in [7, 11) is 0. The summed E-state index contributed by atoms with van der Waals surface area (Å²) in [6, 6.07) is 1.77. The van der Waals surface area contributed by atoms with Gasteiger partial charge in [-0.05, 0) is 39.9 Å². The number of ether oxygens (including phenoxy) is 2. The third-order valence-electron chi connectivity index (χ3n) is 5.82. The lowest BCUT2D eigenvalue weighted by molar-refractivity contribution is 0.00540. The molecule has 1 amide bonds. The quantitative estimate of drug-likeness (QED) is 0.370. The molecule has 0 unspecified atom stereocenters. The van der Waals surface area contributed by atoms with Crippen molar-refractivity contribution in [2.75, 3.05) is 24.3 Å². The van der Waals surface area contributed by atoms with E-state index in [0.29, 0.717) is 29.3 Å². The van der Waals surface area contributed by atoms with Crippen LogP contribution in [0.4, 0.5) is 10.6 Å². The Bertz CT molecular complexity index is 1030. The van der Waals surface area contributed by atoms with Crippen LogP contribution in [0.15, 0.2) is 11.2 Å². The summed E-state index contributed by atoms with van der Waals surface area (Å²) in [5, 5.41) is 1.80. The van der Waals surface area contributed by atoms with Gasteiger partial charge in [0.15, 0.2) is 5.16 Å². The molecule has 2 fully saturated rings. The summed E-state index contributed by atoms with van der Waals surface area (Å²) in [5.74, 6) is 1.26. The second-order valence-electron chi connectivity index (χ2n) is 8.90. The number of hydrogen-bond donors (Lipinski definition) is 0. The van der Waals surface area contributed by atoms with Crippen LogP contribution in [0.25, 0.3) is 10.9 Å². The molecule has 0 aromatic carbocycles. The van der Waals surface area contributed by atoms with Gasteiger partial charge in [-0.1, -0.05) is 23.4 Å². The molecule has 3 aliphatic heterocycles. The number of rotatable bonds is 1. The lowest BCUT2D eigenvalue weighted by atomic mass is 10.0. The van der Waals surface area contributed by atoms with Crippen LogP contribution in [-0.4, -0.2) is 69.1 Å². The van der Waals surface area contributed by atoms with Gasteiger partial charge in [0.25, 0.3) is 0 Å². The van der Waals surface area contributed by atoms with Crippen LogP contribution >= 0.6 is 23.4 Å². The molecule has 5 rings (SSSR count).